The summed E-state index contributed by atoms with van der Waals surface area (Å²) in [6.07, 6.45) is 0.0156. The van der Waals surface area contributed by atoms with Gasteiger partial charge in [-0.2, -0.15) is 0 Å². The van der Waals surface area contributed by atoms with E-state index < -0.39 is 5.97 Å². The number of aryl methyl sites for hydroxylation is 2. The van der Waals surface area contributed by atoms with Gasteiger partial charge in [0.05, 0.1) is 6.42 Å². The molecule has 0 aliphatic carbocycles. The Labute approximate surface area is 130 Å². The van der Waals surface area contributed by atoms with Crippen molar-refractivity contribution in [3.05, 3.63) is 65.0 Å². The van der Waals surface area contributed by atoms with Crippen LogP contribution in [-0.2, 0) is 11.3 Å². The van der Waals surface area contributed by atoms with Gasteiger partial charge in [0.2, 0.25) is 0 Å². The van der Waals surface area contributed by atoms with E-state index >= 15 is 0 Å². The number of benzene rings is 2. The van der Waals surface area contributed by atoms with Gasteiger partial charge in [-0.05, 0) is 31.5 Å². The standard InChI is InChI=1S/C18H20FNO2/c1-13-7-8-17(14(2)11-13)20(10-9-18(21)22)12-15-5-3-4-6-16(15)19/h3-8,11H,9-10,12H2,1-2H3,(H,21,22). The zero-order valence-electron chi connectivity index (χ0n) is 12.8. The van der Waals surface area contributed by atoms with Crippen LogP contribution in [0.3, 0.4) is 0 Å². The lowest BCUT2D eigenvalue weighted by molar-refractivity contribution is -0.136. The van der Waals surface area contributed by atoms with Gasteiger partial charge in [-0.15, -0.1) is 0 Å². The number of hydrogen-bond donors (Lipinski definition) is 1. The molecule has 0 bridgehead atoms. The summed E-state index contributed by atoms with van der Waals surface area (Å²) in [6.45, 7) is 4.68. The molecule has 0 saturated heterocycles. The van der Waals surface area contributed by atoms with Crippen molar-refractivity contribution in [2.75, 3.05) is 11.4 Å². The zero-order valence-corrected chi connectivity index (χ0v) is 12.8. The van der Waals surface area contributed by atoms with Crippen LogP contribution in [0.1, 0.15) is 23.1 Å². The Morgan fingerprint density at radius 3 is 2.55 bits per heavy atom. The Bertz CT molecular complexity index is 670. The Morgan fingerprint density at radius 2 is 1.91 bits per heavy atom. The first-order valence-electron chi connectivity index (χ1n) is 7.25. The highest BCUT2D eigenvalue weighted by Crippen LogP contribution is 2.24. The molecule has 2 aromatic rings. The van der Waals surface area contributed by atoms with Gasteiger partial charge in [-0.25, -0.2) is 4.39 Å². The minimum atomic E-state index is -0.858. The Morgan fingerprint density at radius 1 is 1.18 bits per heavy atom. The Hall–Kier alpha value is -2.36. The molecule has 3 nitrogen and oxygen atoms in total. The molecule has 0 unspecified atom stereocenters. The third-order valence-corrected chi connectivity index (χ3v) is 3.61. The molecule has 0 aliphatic rings. The minimum Gasteiger partial charge on any atom is -0.481 e. The second-order valence-electron chi connectivity index (χ2n) is 5.45. The second-order valence-corrected chi connectivity index (χ2v) is 5.45. The van der Waals surface area contributed by atoms with Gasteiger partial charge in [0.25, 0.3) is 0 Å². The number of carbonyl (C=O) groups is 1. The highest BCUT2D eigenvalue weighted by Gasteiger charge is 2.13. The monoisotopic (exact) mass is 301 g/mol. The lowest BCUT2D eigenvalue weighted by Crippen LogP contribution is -2.26. The summed E-state index contributed by atoms with van der Waals surface area (Å²) in [5.74, 6) is -1.13. The van der Waals surface area contributed by atoms with Gasteiger partial charge in [-0.1, -0.05) is 35.9 Å². The number of nitrogens with zero attached hydrogens (tertiary/aromatic N) is 1. The third kappa shape index (κ3) is 4.07. The molecular weight excluding hydrogens is 281 g/mol. The fraction of sp³-hybridized carbons (Fsp3) is 0.278. The lowest BCUT2D eigenvalue weighted by atomic mass is 10.1. The predicted molar refractivity (Wildman–Crippen MR) is 85.6 cm³/mol. The number of aliphatic carboxylic acids is 1. The molecule has 0 saturated carbocycles. The van der Waals surface area contributed by atoms with Crippen molar-refractivity contribution < 1.29 is 14.3 Å². The summed E-state index contributed by atoms with van der Waals surface area (Å²) >= 11 is 0. The summed E-state index contributed by atoms with van der Waals surface area (Å²) < 4.78 is 13.9. The van der Waals surface area contributed by atoms with Crippen molar-refractivity contribution in [2.45, 2.75) is 26.8 Å². The molecule has 22 heavy (non-hydrogen) atoms. The van der Waals surface area contributed by atoms with E-state index in [1.807, 2.05) is 36.9 Å². The molecule has 0 amide bonds. The van der Waals surface area contributed by atoms with E-state index in [0.717, 1.165) is 16.8 Å². The van der Waals surface area contributed by atoms with Crippen LogP contribution < -0.4 is 4.90 Å². The van der Waals surface area contributed by atoms with Gasteiger partial charge >= 0.3 is 5.97 Å². The van der Waals surface area contributed by atoms with Gasteiger partial charge in [0.15, 0.2) is 0 Å². The summed E-state index contributed by atoms with van der Waals surface area (Å²) in [5, 5.41) is 8.94. The molecule has 0 spiro atoms. The van der Waals surface area contributed by atoms with Crippen molar-refractivity contribution in [3.8, 4) is 0 Å². The smallest absolute Gasteiger partial charge is 0.305 e. The number of hydrogen-bond acceptors (Lipinski definition) is 2. The predicted octanol–water partition coefficient (Wildman–Crippen LogP) is 3.92. The molecule has 1 N–H and O–H groups in total. The average Bonchev–Trinajstić information content (AvgIpc) is 2.46. The van der Waals surface area contributed by atoms with Gasteiger partial charge in [0.1, 0.15) is 5.82 Å². The van der Waals surface area contributed by atoms with E-state index in [2.05, 4.69) is 0 Å². The Balaban J connectivity index is 2.29. The maximum atomic E-state index is 13.9. The fourth-order valence-electron chi connectivity index (χ4n) is 2.51. The molecule has 0 aromatic heterocycles. The molecule has 0 heterocycles. The van der Waals surface area contributed by atoms with Crippen molar-refractivity contribution >= 4 is 11.7 Å². The summed E-state index contributed by atoms with van der Waals surface area (Å²) in [6, 6.07) is 12.6. The molecule has 0 fully saturated rings. The molecule has 2 rings (SSSR count). The number of carboxylic acids is 1. The zero-order chi connectivity index (χ0) is 16.1. The van der Waals surface area contributed by atoms with Gasteiger partial charge in [0, 0.05) is 24.3 Å². The molecule has 116 valence electrons. The largest absolute Gasteiger partial charge is 0.481 e. The number of rotatable bonds is 6. The average molecular weight is 301 g/mol. The normalized spacial score (nSPS) is 10.5. The number of carboxylic acid groups (broad SMARTS) is 1. The molecular formula is C18H20FNO2. The third-order valence-electron chi connectivity index (χ3n) is 3.61. The van der Waals surface area contributed by atoms with Crippen LogP contribution in [-0.4, -0.2) is 17.6 Å². The van der Waals surface area contributed by atoms with Crippen LogP contribution in [0.2, 0.25) is 0 Å². The van der Waals surface area contributed by atoms with E-state index in [1.165, 1.54) is 6.07 Å². The van der Waals surface area contributed by atoms with Crippen LogP contribution in [0.5, 0.6) is 0 Å². The maximum Gasteiger partial charge on any atom is 0.305 e. The van der Waals surface area contributed by atoms with Crippen LogP contribution in [0, 0.1) is 19.7 Å². The van der Waals surface area contributed by atoms with Gasteiger partial charge < -0.3 is 10.0 Å². The summed E-state index contributed by atoms with van der Waals surface area (Å²) in [7, 11) is 0. The molecule has 4 heteroatoms. The maximum absolute atomic E-state index is 13.9. The lowest BCUT2D eigenvalue weighted by Gasteiger charge is -2.26. The van der Waals surface area contributed by atoms with Crippen molar-refractivity contribution in [1.29, 1.82) is 0 Å². The first kappa shape index (κ1) is 16.0. The van der Waals surface area contributed by atoms with Crippen molar-refractivity contribution in [1.82, 2.24) is 0 Å². The summed E-state index contributed by atoms with van der Waals surface area (Å²) in [5.41, 5.74) is 3.70. The second kappa shape index (κ2) is 7.07. The number of anilines is 1. The van der Waals surface area contributed by atoms with E-state index in [1.54, 1.807) is 18.2 Å². The van der Waals surface area contributed by atoms with Crippen LogP contribution >= 0.6 is 0 Å². The van der Waals surface area contributed by atoms with Crippen LogP contribution in [0.15, 0.2) is 42.5 Å². The molecule has 2 aromatic carbocycles. The van der Waals surface area contributed by atoms with Crippen LogP contribution in [0.4, 0.5) is 10.1 Å². The number of halogens is 1. The van der Waals surface area contributed by atoms with Gasteiger partial charge in [-0.3, -0.25) is 4.79 Å². The first-order chi connectivity index (χ1) is 10.5. The Kier molecular flexibility index (Phi) is 5.15. The van der Waals surface area contributed by atoms with Crippen LogP contribution in [0.25, 0.3) is 0 Å². The highest BCUT2D eigenvalue weighted by molar-refractivity contribution is 5.68. The quantitative estimate of drug-likeness (QED) is 0.879. The van der Waals surface area contributed by atoms with Crippen molar-refractivity contribution in [2.24, 2.45) is 0 Å². The first-order valence-corrected chi connectivity index (χ1v) is 7.25. The fourth-order valence-corrected chi connectivity index (χ4v) is 2.51. The van der Waals surface area contributed by atoms with E-state index in [4.69, 9.17) is 5.11 Å². The van der Waals surface area contributed by atoms with E-state index in [-0.39, 0.29) is 12.2 Å². The van der Waals surface area contributed by atoms with Crippen molar-refractivity contribution in [3.63, 3.8) is 0 Å². The van der Waals surface area contributed by atoms with E-state index in [0.29, 0.717) is 18.7 Å². The topological polar surface area (TPSA) is 40.5 Å². The molecule has 0 radical (unpaired) electrons. The SMILES string of the molecule is Cc1ccc(N(CCC(=O)O)Cc2ccccc2F)c(C)c1. The molecule has 0 aliphatic heterocycles. The van der Waals surface area contributed by atoms with E-state index in [9.17, 15) is 9.18 Å². The highest BCUT2D eigenvalue weighted by atomic mass is 19.1. The minimum absolute atomic E-state index is 0.0156. The molecule has 0 atom stereocenters. The summed E-state index contributed by atoms with van der Waals surface area (Å²) in [4.78, 5) is 12.8.